The first-order chi connectivity index (χ1) is 10.2. The number of benzene rings is 2. The second-order valence-corrected chi connectivity index (χ2v) is 6.07. The zero-order valence-electron chi connectivity index (χ0n) is 12.0. The van der Waals surface area contributed by atoms with Crippen molar-refractivity contribution in [1.29, 1.82) is 0 Å². The van der Waals surface area contributed by atoms with E-state index in [1.54, 1.807) is 0 Å². The molecule has 1 saturated carbocycles. The van der Waals surface area contributed by atoms with Crippen molar-refractivity contribution in [2.24, 2.45) is 0 Å². The summed E-state index contributed by atoms with van der Waals surface area (Å²) in [7, 11) is 0. The maximum atomic E-state index is 10.9. The zero-order chi connectivity index (χ0) is 14.4. The van der Waals surface area contributed by atoms with Crippen LogP contribution in [-0.2, 0) is 5.41 Å². The van der Waals surface area contributed by atoms with E-state index in [9.17, 15) is 5.11 Å². The number of aliphatic hydroxyl groups excluding tert-OH is 1. The summed E-state index contributed by atoms with van der Waals surface area (Å²) in [6.45, 7) is 2.03. The average molecular weight is 278 g/mol. The summed E-state index contributed by atoms with van der Waals surface area (Å²) in [4.78, 5) is 0. The van der Waals surface area contributed by atoms with Crippen LogP contribution < -0.4 is 0 Å². The molecule has 1 N–H and O–H groups in total. The molecule has 4 rings (SSSR count). The number of hydrogen-bond donors (Lipinski definition) is 1. The van der Waals surface area contributed by atoms with Crippen LogP contribution in [0.25, 0.3) is 11.0 Å². The van der Waals surface area contributed by atoms with Gasteiger partial charge in [-0.3, -0.25) is 0 Å². The van der Waals surface area contributed by atoms with Crippen molar-refractivity contribution in [2.45, 2.75) is 31.3 Å². The average Bonchev–Trinajstić information content (AvgIpc) is 3.21. The smallest absolute Gasteiger partial charge is 0.137 e. The first-order valence-electron chi connectivity index (χ1n) is 7.43. The molecule has 1 aromatic heterocycles. The molecule has 0 radical (unpaired) electrons. The fraction of sp³-hybridized carbons (Fsp3) is 0.263. The Morgan fingerprint density at radius 1 is 1.05 bits per heavy atom. The van der Waals surface area contributed by atoms with Gasteiger partial charge in [0.2, 0.25) is 0 Å². The molecule has 1 aliphatic carbocycles. The highest BCUT2D eigenvalue weighted by Gasteiger charge is 2.52. The van der Waals surface area contributed by atoms with Crippen molar-refractivity contribution >= 4 is 11.0 Å². The monoisotopic (exact) mass is 278 g/mol. The molecule has 0 saturated heterocycles. The van der Waals surface area contributed by atoms with Gasteiger partial charge < -0.3 is 9.52 Å². The lowest BCUT2D eigenvalue weighted by atomic mass is 9.88. The van der Waals surface area contributed by atoms with Gasteiger partial charge in [0.05, 0.1) is 0 Å². The highest BCUT2D eigenvalue weighted by Crippen LogP contribution is 2.56. The van der Waals surface area contributed by atoms with E-state index >= 15 is 0 Å². The summed E-state index contributed by atoms with van der Waals surface area (Å²) < 4.78 is 5.96. The van der Waals surface area contributed by atoms with Crippen LogP contribution in [-0.4, -0.2) is 5.11 Å². The summed E-state index contributed by atoms with van der Waals surface area (Å²) >= 11 is 0. The SMILES string of the molecule is Cc1cccc2cc(C(O)C3(c4ccccc4)CC3)oc12. The Labute approximate surface area is 124 Å². The highest BCUT2D eigenvalue weighted by molar-refractivity contribution is 5.81. The van der Waals surface area contributed by atoms with E-state index in [4.69, 9.17) is 4.42 Å². The Kier molecular flexibility index (Phi) is 2.69. The second kappa shape index (κ2) is 4.47. The quantitative estimate of drug-likeness (QED) is 0.765. The number of hydrogen-bond acceptors (Lipinski definition) is 2. The fourth-order valence-electron chi connectivity index (χ4n) is 3.26. The third-order valence-electron chi connectivity index (χ3n) is 4.69. The molecule has 1 aliphatic rings. The Bertz CT molecular complexity index is 782. The van der Waals surface area contributed by atoms with Crippen LogP contribution in [0.2, 0.25) is 0 Å². The van der Waals surface area contributed by atoms with Gasteiger partial charge in [-0.1, -0.05) is 48.5 Å². The van der Waals surface area contributed by atoms with E-state index < -0.39 is 6.10 Å². The number of para-hydroxylation sites is 1. The number of fused-ring (bicyclic) bond motifs is 1. The summed E-state index contributed by atoms with van der Waals surface area (Å²) in [5, 5.41) is 11.9. The lowest BCUT2D eigenvalue weighted by Crippen LogP contribution is -2.17. The van der Waals surface area contributed by atoms with E-state index in [0.717, 1.165) is 29.4 Å². The van der Waals surface area contributed by atoms with Crippen molar-refractivity contribution in [1.82, 2.24) is 0 Å². The van der Waals surface area contributed by atoms with Gasteiger partial charge in [-0.25, -0.2) is 0 Å². The molecule has 2 nitrogen and oxygen atoms in total. The maximum absolute atomic E-state index is 10.9. The van der Waals surface area contributed by atoms with Crippen LogP contribution in [0.15, 0.2) is 59.0 Å². The number of aryl methyl sites for hydroxylation is 1. The molecule has 1 unspecified atom stereocenters. The van der Waals surface area contributed by atoms with Crippen LogP contribution in [0.4, 0.5) is 0 Å². The van der Waals surface area contributed by atoms with Crippen LogP contribution >= 0.6 is 0 Å². The van der Waals surface area contributed by atoms with E-state index in [1.165, 1.54) is 5.56 Å². The van der Waals surface area contributed by atoms with Crippen molar-refractivity contribution < 1.29 is 9.52 Å². The molecule has 1 fully saturated rings. The lowest BCUT2D eigenvalue weighted by molar-refractivity contribution is 0.110. The first kappa shape index (κ1) is 12.7. The third-order valence-corrected chi connectivity index (χ3v) is 4.69. The molecule has 2 aromatic carbocycles. The van der Waals surface area contributed by atoms with E-state index in [-0.39, 0.29) is 5.41 Å². The van der Waals surface area contributed by atoms with E-state index in [1.807, 2.05) is 49.4 Å². The molecular weight excluding hydrogens is 260 g/mol. The normalized spacial score (nSPS) is 17.8. The number of furan rings is 1. The third kappa shape index (κ3) is 1.90. The molecule has 106 valence electrons. The van der Waals surface area contributed by atoms with Crippen LogP contribution in [0.5, 0.6) is 0 Å². The molecule has 1 heterocycles. The second-order valence-electron chi connectivity index (χ2n) is 6.07. The predicted molar refractivity (Wildman–Crippen MR) is 83.3 cm³/mol. The summed E-state index contributed by atoms with van der Waals surface area (Å²) in [5.41, 5.74) is 3.03. The van der Waals surface area contributed by atoms with Gasteiger partial charge in [-0.2, -0.15) is 0 Å². The Morgan fingerprint density at radius 2 is 1.81 bits per heavy atom. The molecular formula is C19H18O2. The maximum Gasteiger partial charge on any atom is 0.137 e. The summed E-state index contributed by atoms with van der Waals surface area (Å²) in [6, 6.07) is 18.3. The van der Waals surface area contributed by atoms with Gasteiger partial charge in [0, 0.05) is 10.8 Å². The lowest BCUT2D eigenvalue weighted by Gasteiger charge is -2.20. The van der Waals surface area contributed by atoms with Crippen LogP contribution in [0.1, 0.15) is 35.8 Å². The van der Waals surface area contributed by atoms with Crippen LogP contribution in [0, 0.1) is 6.92 Å². The Morgan fingerprint density at radius 3 is 2.48 bits per heavy atom. The van der Waals surface area contributed by atoms with Crippen LogP contribution in [0.3, 0.4) is 0 Å². The standard InChI is InChI=1S/C19H18O2/c1-13-6-5-7-14-12-16(21-17(13)14)18(20)19(10-11-19)15-8-3-2-4-9-15/h2-9,12,18,20H,10-11H2,1H3. The van der Waals surface area contributed by atoms with Crippen molar-refractivity contribution in [2.75, 3.05) is 0 Å². The molecule has 2 heteroatoms. The molecule has 0 spiro atoms. The molecule has 0 bridgehead atoms. The molecule has 0 aliphatic heterocycles. The highest BCUT2D eigenvalue weighted by atomic mass is 16.4. The molecule has 1 atom stereocenters. The zero-order valence-corrected chi connectivity index (χ0v) is 12.0. The predicted octanol–water partition coefficient (Wildman–Crippen LogP) is 4.51. The minimum absolute atomic E-state index is 0.164. The fourth-order valence-corrected chi connectivity index (χ4v) is 3.26. The summed E-state index contributed by atoms with van der Waals surface area (Å²) in [5.74, 6) is 0.681. The first-order valence-corrected chi connectivity index (χ1v) is 7.43. The van der Waals surface area contributed by atoms with Gasteiger partial charge in [-0.15, -0.1) is 0 Å². The van der Waals surface area contributed by atoms with E-state index in [0.29, 0.717) is 5.76 Å². The number of aliphatic hydroxyl groups is 1. The van der Waals surface area contributed by atoms with Gasteiger partial charge >= 0.3 is 0 Å². The van der Waals surface area contributed by atoms with Crippen molar-refractivity contribution in [3.05, 3.63) is 71.5 Å². The van der Waals surface area contributed by atoms with Gasteiger partial charge in [-0.05, 0) is 37.0 Å². The largest absolute Gasteiger partial charge is 0.458 e. The molecule has 0 amide bonds. The Balaban J connectivity index is 1.77. The van der Waals surface area contributed by atoms with Gasteiger partial charge in [0.25, 0.3) is 0 Å². The topological polar surface area (TPSA) is 33.4 Å². The van der Waals surface area contributed by atoms with Gasteiger partial charge in [0.15, 0.2) is 0 Å². The van der Waals surface area contributed by atoms with E-state index in [2.05, 4.69) is 12.1 Å². The number of rotatable bonds is 3. The van der Waals surface area contributed by atoms with Crippen molar-refractivity contribution in [3.63, 3.8) is 0 Å². The van der Waals surface area contributed by atoms with Crippen molar-refractivity contribution in [3.8, 4) is 0 Å². The minimum atomic E-state index is -0.577. The summed E-state index contributed by atoms with van der Waals surface area (Å²) in [6.07, 6.45) is 1.44. The minimum Gasteiger partial charge on any atom is -0.458 e. The van der Waals surface area contributed by atoms with Gasteiger partial charge in [0.1, 0.15) is 17.4 Å². The molecule has 21 heavy (non-hydrogen) atoms. The Hall–Kier alpha value is -2.06. The molecule has 3 aromatic rings.